The molecule has 0 bridgehead atoms. The number of rotatable bonds is 9. The molecule has 2 aliphatic heterocycles. The van der Waals surface area contributed by atoms with Crippen LogP contribution < -0.4 is 11.1 Å². The molecule has 3 atom stereocenters. The number of nitrogens with zero attached hydrogens (tertiary/aromatic N) is 3. The minimum Gasteiger partial charge on any atom is -0.377 e. The van der Waals surface area contributed by atoms with Gasteiger partial charge in [-0.3, -0.25) is 14.5 Å². The zero-order chi connectivity index (χ0) is 24.6. The second-order valence-corrected chi connectivity index (χ2v) is 10.1. The molecule has 35 heavy (non-hydrogen) atoms. The molecule has 0 aliphatic carbocycles. The lowest BCUT2D eigenvalue weighted by atomic mass is 9.93. The Kier molecular flexibility index (Phi) is 8.88. The fraction of sp³-hybridized carbons (Fsp3) is 0.500. The van der Waals surface area contributed by atoms with Crippen LogP contribution >= 0.6 is 11.3 Å². The van der Waals surface area contributed by atoms with Crippen LogP contribution in [-0.2, 0) is 16.1 Å². The molecule has 0 spiro atoms. The Bertz CT molecular complexity index is 1010. The molecule has 186 valence electrons. The topological polar surface area (TPSA) is 112 Å². The number of hydrogen-bond donors (Lipinski definition) is 2. The van der Waals surface area contributed by atoms with E-state index in [9.17, 15) is 9.59 Å². The third kappa shape index (κ3) is 6.47. The molecule has 0 radical (unpaired) electrons. The Morgan fingerprint density at radius 2 is 2.09 bits per heavy atom. The SMILES string of the molecule is N#Cc1ccc(CN(CC2CCCO2)C2CCN(C(=O)c3cccs3)[C@@H](C(=O)NCCN)C2)cc1. The zero-order valence-corrected chi connectivity index (χ0v) is 20.7. The van der Waals surface area contributed by atoms with Gasteiger partial charge in [0.05, 0.1) is 22.6 Å². The van der Waals surface area contributed by atoms with Crippen LogP contribution in [0.15, 0.2) is 41.8 Å². The smallest absolute Gasteiger partial charge is 0.264 e. The molecule has 0 saturated carbocycles. The second kappa shape index (κ2) is 12.3. The van der Waals surface area contributed by atoms with Crippen molar-refractivity contribution in [3.8, 4) is 6.07 Å². The van der Waals surface area contributed by atoms with Crippen LogP contribution in [0.2, 0.25) is 0 Å². The maximum Gasteiger partial charge on any atom is 0.264 e. The number of hydrogen-bond acceptors (Lipinski definition) is 7. The van der Waals surface area contributed by atoms with Crippen LogP contribution in [0.4, 0.5) is 0 Å². The Morgan fingerprint density at radius 1 is 1.26 bits per heavy atom. The third-order valence-electron chi connectivity index (χ3n) is 6.76. The summed E-state index contributed by atoms with van der Waals surface area (Å²) in [5, 5.41) is 13.9. The predicted molar refractivity (Wildman–Crippen MR) is 135 cm³/mol. The molecule has 1 aromatic carbocycles. The first-order valence-electron chi connectivity index (χ1n) is 12.3. The first-order chi connectivity index (χ1) is 17.1. The Labute approximate surface area is 210 Å². The van der Waals surface area contributed by atoms with Crippen molar-refractivity contribution in [2.75, 3.05) is 32.8 Å². The van der Waals surface area contributed by atoms with Gasteiger partial charge in [-0.15, -0.1) is 11.3 Å². The van der Waals surface area contributed by atoms with Crippen LogP contribution in [0.3, 0.4) is 0 Å². The molecule has 1 aromatic heterocycles. The van der Waals surface area contributed by atoms with Crippen LogP contribution in [0.25, 0.3) is 0 Å². The van der Waals surface area contributed by atoms with Gasteiger partial charge >= 0.3 is 0 Å². The Balaban J connectivity index is 1.54. The summed E-state index contributed by atoms with van der Waals surface area (Å²) < 4.78 is 5.94. The quantitative estimate of drug-likeness (QED) is 0.552. The molecule has 8 nitrogen and oxygen atoms in total. The molecular formula is C26H33N5O3S. The standard InChI is InChI=1S/C26H33N5O3S/c27-10-11-29-25(32)23-15-21(9-12-31(23)26(33)24-4-2-14-35-24)30(18-22-3-1-13-34-22)17-20-7-5-19(16-28)6-8-20/h2,4-8,14,21-23H,1,3,9-13,15,17-18,27H2,(H,29,32)/t21?,22?,23-/m1/s1. The summed E-state index contributed by atoms with van der Waals surface area (Å²) in [4.78, 5) is 31.1. The minimum absolute atomic E-state index is 0.0934. The van der Waals surface area contributed by atoms with E-state index in [-0.39, 0.29) is 24.0 Å². The molecule has 2 unspecified atom stereocenters. The number of ether oxygens (including phenoxy) is 1. The summed E-state index contributed by atoms with van der Waals surface area (Å²) in [5.41, 5.74) is 7.37. The van der Waals surface area contributed by atoms with E-state index >= 15 is 0 Å². The van der Waals surface area contributed by atoms with Crippen molar-refractivity contribution in [1.82, 2.24) is 15.1 Å². The molecule has 2 amide bonds. The highest BCUT2D eigenvalue weighted by Crippen LogP contribution is 2.28. The average molecular weight is 496 g/mol. The average Bonchev–Trinajstić information content (AvgIpc) is 3.61. The third-order valence-corrected chi connectivity index (χ3v) is 7.62. The van der Waals surface area contributed by atoms with Gasteiger partial charge in [-0.2, -0.15) is 5.26 Å². The molecule has 2 fully saturated rings. The zero-order valence-electron chi connectivity index (χ0n) is 19.9. The van der Waals surface area contributed by atoms with Gasteiger partial charge < -0.3 is 20.7 Å². The fourth-order valence-corrected chi connectivity index (χ4v) is 5.62. The van der Waals surface area contributed by atoms with Gasteiger partial charge in [0.2, 0.25) is 5.91 Å². The number of piperidine rings is 1. The fourth-order valence-electron chi connectivity index (χ4n) is 4.94. The number of nitrogens with two attached hydrogens (primary N) is 1. The minimum atomic E-state index is -0.553. The van der Waals surface area contributed by atoms with Crippen LogP contribution in [0.1, 0.15) is 46.5 Å². The van der Waals surface area contributed by atoms with Gasteiger partial charge in [-0.1, -0.05) is 18.2 Å². The van der Waals surface area contributed by atoms with Crippen molar-refractivity contribution >= 4 is 23.2 Å². The van der Waals surface area contributed by atoms with Crippen molar-refractivity contribution < 1.29 is 14.3 Å². The summed E-state index contributed by atoms with van der Waals surface area (Å²) in [6.45, 7) is 3.51. The molecule has 4 rings (SSSR count). The summed E-state index contributed by atoms with van der Waals surface area (Å²) in [6, 6.07) is 13.1. The van der Waals surface area contributed by atoms with Gasteiger partial charge in [0.25, 0.3) is 5.91 Å². The summed E-state index contributed by atoms with van der Waals surface area (Å²) in [7, 11) is 0. The summed E-state index contributed by atoms with van der Waals surface area (Å²) in [5.74, 6) is -0.246. The number of nitrogens with one attached hydrogen (secondary N) is 1. The molecule has 2 aromatic rings. The van der Waals surface area contributed by atoms with Gasteiger partial charge in [0.15, 0.2) is 0 Å². The van der Waals surface area contributed by atoms with Crippen LogP contribution in [0, 0.1) is 11.3 Å². The molecule has 3 heterocycles. The van der Waals surface area contributed by atoms with E-state index in [1.165, 1.54) is 11.3 Å². The van der Waals surface area contributed by atoms with E-state index in [2.05, 4.69) is 16.3 Å². The number of carbonyl (C=O) groups is 2. The van der Waals surface area contributed by atoms with E-state index in [0.717, 1.165) is 38.0 Å². The predicted octanol–water partition coefficient (Wildman–Crippen LogP) is 2.35. The Morgan fingerprint density at radius 3 is 2.74 bits per heavy atom. The second-order valence-electron chi connectivity index (χ2n) is 9.12. The lowest BCUT2D eigenvalue weighted by molar-refractivity contribution is -0.127. The van der Waals surface area contributed by atoms with E-state index < -0.39 is 6.04 Å². The number of likely N-dealkylation sites (tertiary alicyclic amines) is 1. The first-order valence-corrected chi connectivity index (χ1v) is 13.1. The maximum absolute atomic E-state index is 13.2. The molecule has 2 aliphatic rings. The summed E-state index contributed by atoms with van der Waals surface area (Å²) >= 11 is 1.40. The lowest BCUT2D eigenvalue weighted by Gasteiger charge is -2.43. The van der Waals surface area contributed by atoms with Crippen molar-refractivity contribution in [3.63, 3.8) is 0 Å². The van der Waals surface area contributed by atoms with E-state index in [4.69, 9.17) is 15.7 Å². The van der Waals surface area contributed by atoms with Crippen molar-refractivity contribution in [3.05, 3.63) is 57.8 Å². The Hall–Kier alpha value is -2.77. The number of amides is 2. The largest absolute Gasteiger partial charge is 0.377 e. The van der Waals surface area contributed by atoms with Crippen LogP contribution in [0.5, 0.6) is 0 Å². The van der Waals surface area contributed by atoms with Crippen molar-refractivity contribution in [1.29, 1.82) is 5.26 Å². The van der Waals surface area contributed by atoms with Crippen molar-refractivity contribution in [2.24, 2.45) is 5.73 Å². The van der Waals surface area contributed by atoms with Gasteiger partial charge in [0.1, 0.15) is 6.04 Å². The van der Waals surface area contributed by atoms with Crippen LogP contribution in [-0.4, -0.2) is 72.6 Å². The number of nitriles is 1. The van der Waals surface area contributed by atoms with Gasteiger partial charge in [-0.05, 0) is 54.8 Å². The highest BCUT2D eigenvalue weighted by molar-refractivity contribution is 7.12. The normalized spacial score (nSPS) is 22.2. The van der Waals surface area contributed by atoms with E-state index in [1.807, 2.05) is 41.8 Å². The molecule has 9 heteroatoms. The molecule has 3 N–H and O–H groups in total. The number of thiophene rings is 1. The lowest BCUT2D eigenvalue weighted by Crippen LogP contribution is -2.58. The van der Waals surface area contributed by atoms with E-state index in [1.54, 1.807) is 4.90 Å². The number of benzene rings is 1. The summed E-state index contributed by atoms with van der Waals surface area (Å²) in [6.07, 6.45) is 3.59. The highest BCUT2D eigenvalue weighted by atomic mass is 32.1. The monoisotopic (exact) mass is 495 g/mol. The maximum atomic E-state index is 13.2. The van der Waals surface area contributed by atoms with E-state index in [0.29, 0.717) is 43.0 Å². The molecular weight excluding hydrogens is 462 g/mol. The molecule has 2 saturated heterocycles. The highest BCUT2D eigenvalue weighted by Gasteiger charge is 2.39. The van der Waals surface area contributed by atoms with Gasteiger partial charge in [0, 0.05) is 45.4 Å². The van der Waals surface area contributed by atoms with Crippen molar-refractivity contribution in [2.45, 2.75) is 50.4 Å². The van der Waals surface area contributed by atoms with Gasteiger partial charge in [-0.25, -0.2) is 0 Å². The first kappa shape index (κ1) is 25.3. The number of carbonyl (C=O) groups excluding carboxylic acids is 2.